The van der Waals surface area contributed by atoms with E-state index in [1.165, 1.54) is 25.3 Å². The Balaban J connectivity index is 1.57. The number of sulfonamides is 1. The van der Waals surface area contributed by atoms with Crippen LogP contribution < -0.4 is 14.8 Å². The third kappa shape index (κ3) is 6.45. The van der Waals surface area contributed by atoms with Crippen LogP contribution in [0.25, 0.3) is 6.08 Å². The third-order valence-electron chi connectivity index (χ3n) is 4.52. The van der Waals surface area contributed by atoms with Crippen molar-refractivity contribution in [3.8, 4) is 5.75 Å². The first kappa shape index (κ1) is 22.1. The lowest BCUT2D eigenvalue weighted by atomic mass is 10.1. The quantitative estimate of drug-likeness (QED) is 0.499. The standard InChI is InChI=1S/C24H24N2O4S/c1-30-23-10-6-5-9-22(23)26-31(28,29)21-14-11-20(12-15-21)13-16-24(27)25-18-17-19-7-3-2-4-8-19/h2-16,26H,17-18H2,1H3,(H,25,27)/b16-13+. The van der Waals surface area contributed by atoms with Gasteiger partial charge in [0.15, 0.2) is 0 Å². The summed E-state index contributed by atoms with van der Waals surface area (Å²) in [5.41, 5.74) is 2.24. The van der Waals surface area contributed by atoms with Crippen LogP contribution >= 0.6 is 0 Å². The average Bonchev–Trinajstić information content (AvgIpc) is 2.79. The number of ether oxygens (including phenoxy) is 1. The van der Waals surface area contributed by atoms with Crippen molar-refractivity contribution in [2.45, 2.75) is 11.3 Å². The summed E-state index contributed by atoms with van der Waals surface area (Å²) in [5.74, 6) is 0.231. The zero-order chi connectivity index (χ0) is 22.1. The molecule has 2 N–H and O–H groups in total. The molecule has 0 aliphatic carbocycles. The number of para-hydroxylation sites is 2. The van der Waals surface area contributed by atoms with Crippen molar-refractivity contribution in [3.63, 3.8) is 0 Å². The van der Waals surface area contributed by atoms with E-state index in [0.29, 0.717) is 18.0 Å². The number of benzene rings is 3. The van der Waals surface area contributed by atoms with E-state index in [1.54, 1.807) is 42.5 Å². The molecule has 6 nitrogen and oxygen atoms in total. The van der Waals surface area contributed by atoms with Crippen LogP contribution in [-0.2, 0) is 21.2 Å². The van der Waals surface area contributed by atoms with E-state index < -0.39 is 10.0 Å². The lowest BCUT2D eigenvalue weighted by Gasteiger charge is -2.11. The summed E-state index contributed by atoms with van der Waals surface area (Å²) in [5, 5.41) is 2.83. The van der Waals surface area contributed by atoms with Gasteiger partial charge in [-0.1, -0.05) is 54.6 Å². The maximum atomic E-state index is 12.6. The molecule has 0 saturated carbocycles. The second-order valence-electron chi connectivity index (χ2n) is 6.73. The number of carbonyl (C=O) groups excluding carboxylic acids is 1. The number of nitrogens with one attached hydrogen (secondary N) is 2. The fourth-order valence-electron chi connectivity index (χ4n) is 2.90. The molecule has 0 unspecified atom stereocenters. The molecule has 0 bridgehead atoms. The number of carbonyl (C=O) groups is 1. The molecule has 3 rings (SSSR count). The first-order valence-electron chi connectivity index (χ1n) is 9.74. The van der Waals surface area contributed by atoms with Crippen LogP contribution in [0.2, 0.25) is 0 Å². The van der Waals surface area contributed by atoms with Gasteiger partial charge in [-0.15, -0.1) is 0 Å². The third-order valence-corrected chi connectivity index (χ3v) is 5.91. The van der Waals surface area contributed by atoms with Crippen LogP contribution in [0.4, 0.5) is 5.69 Å². The van der Waals surface area contributed by atoms with Crippen molar-refractivity contribution in [2.24, 2.45) is 0 Å². The smallest absolute Gasteiger partial charge is 0.262 e. The molecule has 0 aromatic heterocycles. The molecule has 7 heteroatoms. The van der Waals surface area contributed by atoms with E-state index in [4.69, 9.17) is 4.74 Å². The number of amides is 1. The molecule has 0 atom stereocenters. The molecular formula is C24H24N2O4S. The van der Waals surface area contributed by atoms with Crippen LogP contribution in [0.15, 0.2) is 89.8 Å². The van der Waals surface area contributed by atoms with Gasteiger partial charge >= 0.3 is 0 Å². The predicted octanol–water partition coefficient (Wildman–Crippen LogP) is 3.87. The Morgan fingerprint density at radius 3 is 2.32 bits per heavy atom. The van der Waals surface area contributed by atoms with Crippen LogP contribution in [0, 0.1) is 0 Å². The Morgan fingerprint density at radius 1 is 0.935 bits per heavy atom. The van der Waals surface area contributed by atoms with Gasteiger partial charge in [0.1, 0.15) is 5.75 Å². The van der Waals surface area contributed by atoms with Gasteiger partial charge < -0.3 is 10.1 Å². The fourth-order valence-corrected chi connectivity index (χ4v) is 3.97. The number of hydrogen-bond acceptors (Lipinski definition) is 4. The van der Waals surface area contributed by atoms with Crippen molar-refractivity contribution in [1.29, 1.82) is 0 Å². The minimum atomic E-state index is -3.77. The molecule has 0 aliphatic rings. The zero-order valence-corrected chi connectivity index (χ0v) is 17.9. The molecule has 160 valence electrons. The highest BCUT2D eigenvalue weighted by Gasteiger charge is 2.16. The summed E-state index contributed by atoms with van der Waals surface area (Å²) in [6, 6.07) is 23.0. The molecule has 3 aromatic rings. The van der Waals surface area contributed by atoms with E-state index in [2.05, 4.69) is 10.0 Å². The number of hydrogen-bond donors (Lipinski definition) is 2. The number of methoxy groups -OCH3 is 1. The molecule has 0 aliphatic heterocycles. The summed E-state index contributed by atoms with van der Waals surface area (Å²) in [4.78, 5) is 12.1. The minimum Gasteiger partial charge on any atom is -0.495 e. The Hall–Kier alpha value is -3.58. The van der Waals surface area contributed by atoms with Gasteiger partial charge in [-0.25, -0.2) is 8.42 Å². The van der Waals surface area contributed by atoms with Crippen LogP contribution in [0.3, 0.4) is 0 Å². The Morgan fingerprint density at radius 2 is 1.61 bits per heavy atom. The Bertz CT molecular complexity index is 1140. The van der Waals surface area contributed by atoms with Crippen LogP contribution in [-0.4, -0.2) is 28.0 Å². The number of rotatable bonds is 9. The number of anilines is 1. The molecule has 0 fully saturated rings. The van der Waals surface area contributed by atoms with Crippen molar-refractivity contribution in [1.82, 2.24) is 5.32 Å². The molecular weight excluding hydrogens is 412 g/mol. The van der Waals surface area contributed by atoms with Crippen molar-refractivity contribution in [2.75, 3.05) is 18.4 Å². The van der Waals surface area contributed by atoms with E-state index in [-0.39, 0.29) is 10.8 Å². The normalized spacial score (nSPS) is 11.3. The van der Waals surface area contributed by atoms with Gasteiger partial charge in [0, 0.05) is 12.6 Å². The maximum Gasteiger partial charge on any atom is 0.262 e. The van der Waals surface area contributed by atoms with E-state index in [0.717, 1.165) is 17.5 Å². The van der Waals surface area contributed by atoms with Gasteiger partial charge in [-0.05, 0) is 47.9 Å². The van der Waals surface area contributed by atoms with E-state index in [9.17, 15) is 13.2 Å². The molecule has 0 saturated heterocycles. The SMILES string of the molecule is COc1ccccc1NS(=O)(=O)c1ccc(/C=C/C(=O)NCCc2ccccc2)cc1. The topological polar surface area (TPSA) is 84.5 Å². The van der Waals surface area contributed by atoms with Gasteiger partial charge in [0.2, 0.25) is 5.91 Å². The first-order valence-corrected chi connectivity index (χ1v) is 11.2. The fraction of sp³-hybridized carbons (Fsp3) is 0.125. The summed E-state index contributed by atoms with van der Waals surface area (Å²) in [6.07, 6.45) is 3.83. The highest BCUT2D eigenvalue weighted by Crippen LogP contribution is 2.26. The molecule has 0 heterocycles. The summed E-state index contributed by atoms with van der Waals surface area (Å²) in [7, 11) is -2.29. The summed E-state index contributed by atoms with van der Waals surface area (Å²) < 4.78 is 33.0. The van der Waals surface area contributed by atoms with Gasteiger partial charge in [0.05, 0.1) is 17.7 Å². The molecule has 1 amide bonds. The molecule has 0 radical (unpaired) electrons. The second kappa shape index (κ2) is 10.4. The maximum absolute atomic E-state index is 12.6. The molecule has 0 spiro atoms. The van der Waals surface area contributed by atoms with Gasteiger partial charge in [-0.3, -0.25) is 9.52 Å². The monoisotopic (exact) mass is 436 g/mol. The first-order chi connectivity index (χ1) is 15.0. The second-order valence-corrected chi connectivity index (χ2v) is 8.42. The van der Waals surface area contributed by atoms with Crippen molar-refractivity contribution >= 4 is 27.7 Å². The predicted molar refractivity (Wildman–Crippen MR) is 122 cm³/mol. The van der Waals surface area contributed by atoms with E-state index in [1.807, 2.05) is 30.3 Å². The lowest BCUT2D eigenvalue weighted by molar-refractivity contribution is -0.116. The average molecular weight is 437 g/mol. The Labute approximate surface area is 182 Å². The van der Waals surface area contributed by atoms with Gasteiger partial charge in [0.25, 0.3) is 10.0 Å². The zero-order valence-electron chi connectivity index (χ0n) is 17.1. The van der Waals surface area contributed by atoms with Crippen molar-refractivity contribution < 1.29 is 17.9 Å². The van der Waals surface area contributed by atoms with Gasteiger partial charge in [-0.2, -0.15) is 0 Å². The highest BCUT2D eigenvalue weighted by molar-refractivity contribution is 7.92. The highest BCUT2D eigenvalue weighted by atomic mass is 32.2. The Kier molecular flexibility index (Phi) is 7.45. The molecule has 3 aromatic carbocycles. The van der Waals surface area contributed by atoms with Crippen LogP contribution in [0.5, 0.6) is 5.75 Å². The summed E-state index contributed by atoms with van der Waals surface area (Å²) >= 11 is 0. The lowest BCUT2D eigenvalue weighted by Crippen LogP contribution is -2.23. The van der Waals surface area contributed by atoms with E-state index >= 15 is 0 Å². The minimum absolute atomic E-state index is 0.114. The van der Waals surface area contributed by atoms with Crippen LogP contribution in [0.1, 0.15) is 11.1 Å². The molecule has 31 heavy (non-hydrogen) atoms. The summed E-state index contributed by atoms with van der Waals surface area (Å²) in [6.45, 7) is 0.541. The van der Waals surface area contributed by atoms with Crippen molar-refractivity contribution in [3.05, 3.63) is 96.1 Å². The largest absolute Gasteiger partial charge is 0.495 e.